The SMILES string of the molecule is CCCc1nc2c(c(=O)[nH]1)CN(Cc1ccc(S(=O)(=O)O)o1)CC2. The zero-order chi connectivity index (χ0) is 17.3. The molecule has 0 radical (unpaired) electrons. The Balaban J connectivity index is 1.76. The Morgan fingerprint density at radius 3 is 2.88 bits per heavy atom. The number of aryl methyl sites for hydroxylation is 1. The first kappa shape index (κ1) is 16.9. The van der Waals surface area contributed by atoms with Gasteiger partial charge in [-0.25, -0.2) is 4.98 Å². The number of nitrogens with one attached hydrogen (secondary N) is 1. The van der Waals surface area contributed by atoms with Gasteiger partial charge in [0.05, 0.1) is 17.8 Å². The van der Waals surface area contributed by atoms with Gasteiger partial charge in [-0.05, 0) is 18.6 Å². The third kappa shape index (κ3) is 3.58. The van der Waals surface area contributed by atoms with E-state index in [4.69, 9.17) is 8.97 Å². The average molecular weight is 353 g/mol. The number of furan rings is 1. The van der Waals surface area contributed by atoms with Gasteiger partial charge in [-0.3, -0.25) is 14.2 Å². The van der Waals surface area contributed by atoms with Crippen molar-refractivity contribution in [3.63, 3.8) is 0 Å². The quantitative estimate of drug-likeness (QED) is 0.774. The molecule has 3 rings (SSSR count). The first-order valence-corrected chi connectivity index (χ1v) is 9.20. The average Bonchev–Trinajstić information content (AvgIpc) is 2.97. The molecule has 2 aromatic rings. The van der Waals surface area contributed by atoms with Crippen LogP contribution in [0.25, 0.3) is 0 Å². The lowest BCUT2D eigenvalue weighted by Gasteiger charge is -2.26. The van der Waals surface area contributed by atoms with Gasteiger partial charge in [0.25, 0.3) is 5.56 Å². The summed E-state index contributed by atoms with van der Waals surface area (Å²) >= 11 is 0. The molecule has 130 valence electrons. The normalized spacial score (nSPS) is 15.4. The van der Waals surface area contributed by atoms with Crippen molar-refractivity contribution in [2.24, 2.45) is 0 Å². The summed E-state index contributed by atoms with van der Waals surface area (Å²) in [4.78, 5) is 21.6. The summed E-state index contributed by atoms with van der Waals surface area (Å²) in [5.41, 5.74) is 1.35. The summed E-state index contributed by atoms with van der Waals surface area (Å²) in [7, 11) is -4.34. The molecule has 9 heteroatoms. The van der Waals surface area contributed by atoms with Gasteiger partial charge in [-0.2, -0.15) is 8.42 Å². The van der Waals surface area contributed by atoms with Crippen molar-refractivity contribution in [3.8, 4) is 0 Å². The molecule has 0 saturated heterocycles. The minimum absolute atomic E-state index is 0.119. The molecule has 0 spiro atoms. The number of H-pyrrole nitrogens is 1. The lowest BCUT2D eigenvalue weighted by Crippen LogP contribution is -2.35. The number of aromatic nitrogens is 2. The molecule has 8 nitrogen and oxygen atoms in total. The van der Waals surface area contributed by atoms with Gasteiger partial charge in [-0.1, -0.05) is 6.92 Å². The van der Waals surface area contributed by atoms with E-state index in [2.05, 4.69) is 9.97 Å². The van der Waals surface area contributed by atoms with E-state index >= 15 is 0 Å². The van der Waals surface area contributed by atoms with Crippen LogP contribution in [0.1, 0.15) is 36.2 Å². The van der Waals surface area contributed by atoms with E-state index in [1.807, 2.05) is 11.8 Å². The zero-order valence-electron chi connectivity index (χ0n) is 13.3. The fourth-order valence-electron chi connectivity index (χ4n) is 2.82. The molecule has 0 aliphatic carbocycles. The second-order valence-electron chi connectivity index (χ2n) is 5.84. The van der Waals surface area contributed by atoms with Crippen molar-refractivity contribution >= 4 is 10.1 Å². The molecule has 0 aromatic carbocycles. The molecule has 0 unspecified atom stereocenters. The fraction of sp³-hybridized carbons (Fsp3) is 0.467. The van der Waals surface area contributed by atoms with E-state index in [9.17, 15) is 13.2 Å². The fourth-order valence-corrected chi connectivity index (χ4v) is 3.28. The Morgan fingerprint density at radius 1 is 1.42 bits per heavy atom. The summed E-state index contributed by atoms with van der Waals surface area (Å²) in [5, 5.41) is -0.473. The van der Waals surface area contributed by atoms with Crippen molar-refractivity contribution in [2.75, 3.05) is 6.54 Å². The molecule has 0 atom stereocenters. The van der Waals surface area contributed by atoms with Gasteiger partial charge in [0, 0.05) is 25.9 Å². The van der Waals surface area contributed by atoms with Crippen LogP contribution in [0.3, 0.4) is 0 Å². The highest BCUT2D eigenvalue weighted by atomic mass is 32.2. The minimum atomic E-state index is -4.34. The lowest BCUT2D eigenvalue weighted by atomic mass is 10.1. The highest BCUT2D eigenvalue weighted by Crippen LogP contribution is 2.19. The smallest absolute Gasteiger partial charge is 0.328 e. The van der Waals surface area contributed by atoms with Gasteiger partial charge in [0.2, 0.25) is 5.09 Å². The number of aromatic amines is 1. The molecule has 24 heavy (non-hydrogen) atoms. The van der Waals surface area contributed by atoms with Gasteiger partial charge < -0.3 is 9.40 Å². The molecule has 0 bridgehead atoms. The van der Waals surface area contributed by atoms with Crippen LogP contribution in [0.15, 0.2) is 26.4 Å². The van der Waals surface area contributed by atoms with Crippen LogP contribution in [-0.4, -0.2) is 34.4 Å². The highest BCUT2D eigenvalue weighted by Gasteiger charge is 2.23. The zero-order valence-corrected chi connectivity index (χ0v) is 14.1. The van der Waals surface area contributed by atoms with Crippen molar-refractivity contribution < 1.29 is 17.4 Å². The van der Waals surface area contributed by atoms with E-state index < -0.39 is 15.2 Å². The van der Waals surface area contributed by atoms with Crippen LogP contribution in [0.5, 0.6) is 0 Å². The Kier molecular flexibility index (Phi) is 4.57. The Morgan fingerprint density at radius 2 is 2.21 bits per heavy atom. The Labute approximate surface area is 139 Å². The van der Waals surface area contributed by atoms with Crippen LogP contribution < -0.4 is 5.56 Å². The molecule has 0 amide bonds. The molecule has 2 N–H and O–H groups in total. The second-order valence-corrected chi connectivity index (χ2v) is 7.20. The summed E-state index contributed by atoms with van der Waals surface area (Å²) in [6.07, 6.45) is 2.32. The predicted octanol–water partition coefficient (Wildman–Crippen LogP) is 1.12. The molecule has 1 aliphatic rings. The Bertz CT molecular complexity index is 900. The number of rotatable bonds is 5. The number of hydrogen-bond donors (Lipinski definition) is 2. The maximum Gasteiger partial charge on any atom is 0.328 e. The first-order chi connectivity index (χ1) is 11.4. The van der Waals surface area contributed by atoms with Crippen molar-refractivity contribution in [1.29, 1.82) is 0 Å². The van der Waals surface area contributed by atoms with Gasteiger partial charge in [0.1, 0.15) is 11.6 Å². The maximum atomic E-state index is 12.2. The van der Waals surface area contributed by atoms with Crippen LogP contribution in [0, 0.1) is 0 Å². The van der Waals surface area contributed by atoms with Gasteiger partial charge >= 0.3 is 10.1 Å². The highest BCUT2D eigenvalue weighted by molar-refractivity contribution is 7.85. The minimum Gasteiger partial charge on any atom is -0.446 e. The summed E-state index contributed by atoms with van der Waals surface area (Å²) in [5.74, 6) is 1.14. The lowest BCUT2D eigenvalue weighted by molar-refractivity contribution is 0.215. The number of hydrogen-bond acceptors (Lipinski definition) is 6. The standard InChI is InChI=1S/C15H19N3O5S/c1-2-3-13-16-12-6-7-18(9-11(12)15(19)17-13)8-10-4-5-14(23-10)24(20,21)22/h4-5H,2-3,6-9H2,1H3,(H,16,17,19)(H,20,21,22). The molecule has 2 aromatic heterocycles. The topological polar surface area (TPSA) is 116 Å². The molecular weight excluding hydrogens is 334 g/mol. The number of fused-ring (bicyclic) bond motifs is 1. The monoisotopic (exact) mass is 353 g/mol. The molecular formula is C15H19N3O5S. The summed E-state index contributed by atoms with van der Waals surface area (Å²) in [6.45, 7) is 3.50. The summed E-state index contributed by atoms with van der Waals surface area (Å²) in [6, 6.07) is 2.72. The van der Waals surface area contributed by atoms with Crippen LogP contribution in [0.4, 0.5) is 0 Å². The van der Waals surface area contributed by atoms with Crippen molar-refractivity contribution in [1.82, 2.24) is 14.9 Å². The third-order valence-electron chi connectivity index (χ3n) is 3.95. The molecule has 3 heterocycles. The van der Waals surface area contributed by atoms with E-state index in [1.54, 1.807) is 0 Å². The van der Waals surface area contributed by atoms with Crippen LogP contribution >= 0.6 is 0 Å². The van der Waals surface area contributed by atoms with E-state index in [1.165, 1.54) is 12.1 Å². The third-order valence-corrected chi connectivity index (χ3v) is 4.68. The van der Waals surface area contributed by atoms with Crippen molar-refractivity contribution in [3.05, 3.63) is 45.3 Å². The predicted molar refractivity (Wildman–Crippen MR) is 85.2 cm³/mol. The van der Waals surface area contributed by atoms with E-state index in [0.717, 1.165) is 24.4 Å². The van der Waals surface area contributed by atoms with Crippen molar-refractivity contribution in [2.45, 2.75) is 44.4 Å². The number of nitrogens with zero attached hydrogens (tertiary/aromatic N) is 2. The van der Waals surface area contributed by atoms with E-state index in [-0.39, 0.29) is 5.56 Å². The van der Waals surface area contributed by atoms with E-state index in [0.29, 0.717) is 37.4 Å². The van der Waals surface area contributed by atoms with Crippen LogP contribution in [-0.2, 0) is 36.0 Å². The van der Waals surface area contributed by atoms with Crippen LogP contribution in [0.2, 0.25) is 0 Å². The maximum absolute atomic E-state index is 12.2. The second kappa shape index (κ2) is 6.50. The van der Waals surface area contributed by atoms with Gasteiger partial charge in [0.15, 0.2) is 0 Å². The molecule has 0 fully saturated rings. The van der Waals surface area contributed by atoms with Gasteiger partial charge in [-0.15, -0.1) is 0 Å². The Hall–Kier alpha value is -1.97. The molecule has 0 saturated carbocycles. The largest absolute Gasteiger partial charge is 0.446 e. The molecule has 1 aliphatic heterocycles. The first-order valence-electron chi connectivity index (χ1n) is 7.76. The summed E-state index contributed by atoms with van der Waals surface area (Å²) < 4.78 is 36.1.